The summed E-state index contributed by atoms with van der Waals surface area (Å²) in [5.41, 5.74) is 2.66. The molecule has 5 rings (SSSR count). The summed E-state index contributed by atoms with van der Waals surface area (Å²) in [4.78, 5) is 45.1. The fourth-order valence-electron chi connectivity index (χ4n) is 5.50. The maximum absolute atomic E-state index is 13.9. The van der Waals surface area contributed by atoms with Crippen LogP contribution in [0.15, 0.2) is 60.0 Å². The van der Waals surface area contributed by atoms with Gasteiger partial charge < -0.3 is 39.5 Å². The fourth-order valence-corrected chi connectivity index (χ4v) is 8.02. The molecule has 53 heavy (non-hydrogen) atoms. The highest BCUT2D eigenvalue weighted by Crippen LogP contribution is 2.37. The molecule has 0 aliphatic carbocycles. The Kier molecular flexibility index (Phi) is 13.8. The minimum absolute atomic E-state index is 0.0324. The Balaban J connectivity index is 0.000000550. The van der Waals surface area contributed by atoms with E-state index in [1.165, 1.54) is 16.4 Å². The van der Waals surface area contributed by atoms with Gasteiger partial charge in [-0.3, -0.25) is 4.79 Å². The molecule has 1 aliphatic rings. The average molecular weight is 796 g/mol. The van der Waals surface area contributed by atoms with Gasteiger partial charge in [0.1, 0.15) is 28.8 Å². The number of benzene rings is 2. The number of aromatic nitrogens is 3. The highest BCUT2D eigenvalue weighted by Gasteiger charge is 2.41. The van der Waals surface area contributed by atoms with Crippen molar-refractivity contribution in [1.29, 1.82) is 0 Å². The SMILES string of the molecule is Cc1cc(-n2ccnc2)c2cccc(OCc3c(Cl)ccc(S(=O)(=O)N4CCC[C@H]4C(=O)N(C)CCN(C)C)c3Cl)c2n1.O=C(O)C(O)C(O)C(=O)O. The van der Waals surface area contributed by atoms with E-state index in [-0.39, 0.29) is 34.0 Å². The number of carboxylic acid groups (broad SMARTS) is 2. The van der Waals surface area contributed by atoms with Gasteiger partial charge in [-0.15, -0.1) is 0 Å². The molecule has 1 fully saturated rings. The third-order valence-corrected chi connectivity index (χ3v) is 11.2. The van der Waals surface area contributed by atoms with E-state index in [1.807, 2.05) is 54.9 Å². The molecular formula is C34H40Cl2N6O10S. The number of aliphatic hydroxyl groups is 2. The number of sulfonamides is 1. The molecule has 1 aliphatic heterocycles. The molecule has 2 aromatic carbocycles. The summed E-state index contributed by atoms with van der Waals surface area (Å²) >= 11 is 13.3. The summed E-state index contributed by atoms with van der Waals surface area (Å²) in [6.45, 7) is 3.20. The van der Waals surface area contributed by atoms with Crippen LogP contribution in [0.2, 0.25) is 10.0 Å². The Bertz CT molecular complexity index is 2050. The summed E-state index contributed by atoms with van der Waals surface area (Å²) in [6, 6.07) is 9.66. The maximum Gasteiger partial charge on any atom is 0.335 e. The van der Waals surface area contributed by atoms with E-state index in [0.717, 1.165) is 16.8 Å². The van der Waals surface area contributed by atoms with E-state index in [9.17, 15) is 22.8 Å². The topological polar surface area (TPSA) is 216 Å². The second-order valence-corrected chi connectivity index (χ2v) is 15.1. The van der Waals surface area contributed by atoms with Crippen molar-refractivity contribution in [3.63, 3.8) is 0 Å². The minimum atomic E-state index is -4.11. The van der Waals surface area contributed by atoms with Crippen molar-refractivity contribution in [1.82, 2.24) is 28.6 Å². The minimum Gasteiger partial charge on any atom is -0.487 e. The zero-order valence-corrected chi connectivity index (χ0v) is 31.6. The lowest BCUT2D eigenvalue weighted by Crippen LogP contribution is -2.47. The first-order valence-electron chi connectivity index (χ1n) is 16.2. The largest absolute Gasteiger partial charge is 0.487 e. The predicted octanol–water partition coefficient (Wildman–Crippen LogP) is 2.67. The van der Waals surface area contributed by atoms with Crippen LogP contribution >= 0.6 is 23.2 Å². The number of ether oxygens (including phenoxy) is 1. The summed E-state index contributed by atoms with van der Waals surface area (Å²) in [5, 5.41) is 33.6. The molecule has 4 aromatic rings. The van der Waals surface area contributed by atoms with Gasteiger partial charge in [0, 0.05) is 60.7 Å². The summed E-state index contributed by atoms with van der Waals surface area (Å²) in [5.74, 6) is -3.27. The van der Waals surface area contributed by atoms with Crippen LogP contribution in [0.5, 0.6) is 5.75 Å². The van der Waals surface area contributed by atoms with Crippen molar-refractivity contribution < 1.29 is 48.0 Å². The number of pyridine rings is 1. The Morgan fingerprint density at radius 3 is 2.32 bits per heavy atom. The van der Waals surface area contributed by atoms with Crippen molar-refractivity contribution in [3.05, 3.63) is 76.4 Å². The molecule has 2 aromatic heterocycles. The number of para-hydroxylation sites is 1. The number of fused-ring (bicyclic) bond motifs is 1. The van der Waals surface area contributed by atoms with Gasteiger partial charge in [-0.25, -0.2) is 28.0 Å². The van der Waals surface area contributed by atoms with Gasteiger partial charge in [-0.05, 0) is 58.1 Å². The van der Waals surface area contributed by atoms with Crippen LogP contribution in [0.1, 0.15) is 24.1 Å². The number of carbonyl (C=O) groups is 3. The number of carbonyl (C=O) groups excluding carboxylic acids is 1. The van der Waals surface area contributed by atoms with E-state index in [0.29, 0.717) is 42.8 Å². The molecule has 4 N–H and O–H groups in total. The number of aliphatic hydroxyl groups excluding tert-OH is 2. The van der Waals surface area contributed by atoms with Gasteiger partial charge in [-0.2, -0.15) is 4.31 Å². The number of amides is 1. The van der Waals surface area contributed by atoms with Crippen LogP contribution in [0.4, 0.5) is 0 Å². The first-order chi connectivity index (χ1) is 24.9. The van der Waals surface area contributed by atoms with E-state index in [1.54, 1.807) is 30.5 Å². The standard InChI is InChI=1S/C30H34Cl2N6O4S.C4H6O6/c1-20-17-25(37-14-12-33-19-37)21-7-5-9-26(29(21)34-20)42-18-22-23(31)10-11-27(28(22)32)43(40,41)38-13-6-8-24(38)30(39)36(4)16-15-35(2)3;5-1(3(7)8)2(6)4(9)10/h5,7,9-12,14,17,19,24H,6,8,13,15-16,18H2,1-4H3;1-2,5-6H,(H,7,8)(H,9,10)/t24-;/m0./s1. The van der Waals surface area contributed by atoms with Crippen LogP contribution in [-0.2, 0) is 31.0 Å². The normalized spacial score (nSPS) is 15.8. The third-order valence-electron chi connectivity index (χ3n) is 8.35. The second kappa shape index (κ2) is 17.6. The average Bonchev–Trinajstić information content (AvgIpc) is 3.83. The van der Waals surface area contributed by atoms with E-state index in [2.05, 4.69) is 4.98 Å². The molecule has 16 nitrogen and oxygen atoms in total. The monoisotopic (exact) mass is 794 g/mol. The van der Waals surface area contributed by atoms with Crippen LogP contribution < -0.4 is 4.74 Å². The summed E-state index contributed by atoms with van der Waals surface area (Å²) < 4.78 is 37.2. The number of aliphatic carboxylic acids is 2. The molecule has 3 atom stereocenters. The van der Waals surface area contributed by atoms with Gasteiger partial charge in [0.25, 0.3) is 0 Å². The molecule has 3 heterocycles. The number of rotatable bonds is 13. The van der Waals surface area contributed by atoms with Crippen molar-refractivity contribution in [2.45, 2.75) is 49.5 Å². The summed E-state index contributed by atoms with van der Waals surface area (Å²) in [6.07, 6.45) is 1.76. The van der Waals surface area contributed by atoms with Gasteiger partial charge >= 0.3 is 11.9 Å². The van der Waals surface area contributed by atoms with Crippen LogP contribution in [0.25, 0.3) is 16.6 Å². The smallest absolute Gasteiger partial charge is 0.335 e. The fraction of sp³-hybridized carbons (Fsp3) is 0.382. The van der Waals surface area contributed by atoms with E-state index >= 15 is 0 Å². The van der Waals surface area contributed by atoms with Crippen molar-refractivity contribution in [2.24, 2.45) is 0 Å². The van der Waals surface area contributed by atoms with Gasteiger partial charge in [0.2, 0.25) is 15.9 Å². The summed E-state index contributed by atoms with van der Waals surface area (Å²) in [7, 11) is 1.43. The molecule has 2 unspecified atom stereocenters. The number of aryl methyl sites for hydroxylation is 1. The zero-order chi connectivity index (χ0) is 39.2. The molecule has 1 saturated heterocycles. The van der Waals surface area contributed by atoms with E-state index < -0.39 is 40.2 Å². The highest BCUT2D eigenvalue weighted by atomic mass is 35.5. The lowest BCUT2D eigenvalue weighted by Gasteiger charge is -2.28. The van der Waals surface area contributed by atoms with Crippen molar-refractivity contribution in [3.8, 4) is 11.4 Å². The van der Waals surface area contributed by atoms with Crippen LogP contribution in [0.3, 0.4) is 0 Å². The van der Waals surface area contributed by atoms with Crippen LogP contribution in [0, 0.1) is 6.92 Å². The molecule has 1 amide bonds. The molecule has 19 heteroatoms. The van der Waals surface area contributed by atoms with E-state index in [4.69, 9.17) is 53.3 Å². The van der Waals surface area contributed by atoms with Gasteiger partial charge in [0.15, 0.2) is 12.2 Å². The molecule has 0 radical (unpaired) electrons. The number of carboxylic acids is 2. The lowest BCUT2D eigenvalue weighted by molar-refractivity contribution is -0.165. The number of halogens is 2. The Morgan fingerprint density at radius 1 is 1.04 bits per heavy atom. The lowest BCUT2D eigenvalue weighted by atomic mass is 10.1. The number of likely N-dealkylation sites (N-methyl/N-ethyl adjacent to an activating group) is 2. The zero-order valence-electron chi connectivity index (χ0n) is 29.3. The number of hydrogen-bond donors (Lipinski definition) is 4. The second-order valence-electron chi connectivity index (χ2n) is 12.4. The Labute approximate surface area is 315 Å². The molecule has 286 valence electrons. The number of nitrogens with zero attached hydrogens (tertiary/aromatic N) is 6. The Hall–Kier alpha value is -4.36. The quantitative estimate of drug-likeness (QED) is 0.153. The molecular weight excluding hydrogens is 755 g/mol. The first-order valence-corrected chi connectivity index (χ1v) is 18.4. The maximum atomic E-state index is 13.9. The van der Waals surface area contributed by atoms with Gasteiger partial charge in [-0.1, -0.05) is 35.3 Å². The van der Waals surface area contributed by atoms with Crippen LogP contribution in [-0.4, -0.2) is 134 Å². The molecule has 0 spiro atoms. The van der Waals surface area contributed by atoms with Crippen molar-refractivity contribution >= 4 is 62.0 Å². The van der Waals surface area contributed by atoms with Gasteiger partial charge in [0.05, 0.1) is 17.0 Å². The van der Waals surface area contributed by atoms with Crippen molar-refractivity contribution in [2.75, 3.05) is 40.8 Å². The Morgan fingerprint density at radius 2 is 1.72 bits per heavy atom. The first kappa shape index (κ1) is 41.4. The molecule has 0 bridgehead atoms. The molecule has 0 saturated carbocycles. The predicted molar refractivity (Wildman–Crippen MR) is 195 cm³/mol. The third kappa shape index (κ3) is 9.61. The number of hydrogen-bond acceptors (Lipinski definition) is 11. The number of imidazole rings is 1. The highest BCUT2D eigenvalue weighted by molar-refractivity contribution is 7.89.